The van der Waals surface area contributed by atoms with Crippen LogP contribution in [0, 0.1) is 5.92 Å². The molecule has 1 aliphatic rings. The summed E-state index contributed by atoms with van der Waals surface area (Å²) < 4.78 is 0. The number of aromatic amines is 1. The average molecular weight is 476 g/mol. The number of benzene rings is 2. The highest BCUT2D eigenvalue weighted by molar-refractivity contribution is 5.96. The zero-order valence-corrected chi connectivity index (χ0v) is 20.4. The van der Waals surface area contributed by atoms with Crippen molar-refractivity contribution in [1.29, 1.82) is 0 Å². The van der Waals surface area contributed by atoms with Crippen LogP contribution in [-0.4, -0.2) is 34.4 Å². The van der Waals surface area contributed by atoms with Gasteiger partial charge in [-0.05, 0) is 42.9 Å². The van der Waals surface area contributed by atoms with E-state index in [4.69, 9.17) is 5.73 Å². The highest BCUT2D eigenvalue weighted by Gasteiger charge is 2.45. The van der Waals surface area contributed by atoms with Crippen molar-refractivity contribution in [3.8, 4) is 0 Å². The second-order valence-electron chi connectivity index (χ2n) is 9.71. The van der Waals surface area contributed by atoms with Crippen molar-refractivity contribution in [3.63, 3.8) is 0 Å². The Labute approximate surface area is 205 Å². The summed E-state index contributed by atoms with van der Waals surface area (Å²) in [7, 11) is 0. The van der Waals surface area contributed by atoms with Gasteiger partial charge in [0.25, 0.3) is 0 Å². The summed E-state index contributed by atoms with van der Waals surface area (Å²) in [5, 5.41) is 9.78. The maximum absolute atomic E-state index is 13.7. The number of nitrogens with two attached hydrogens (primary N) is 1. The smallest absolute Gasteiger partial charge is 0.316 e. The summed E-state index contributed by atoms with van der Waals surface area (Å²) in [5.41, 5.74) is 8.34. The summed E-state index contributed by atoms with van der Waals surface area (Å²) >= 11 is 0. The summed E-state index contributed by atoms with van der Waals surface area (Å²) in [6.07, 6.45) is 1.26. The molecular formula is C27H33N5O3. The summed E-state index contributed by atoms with van der Waals surface area (Å²) in [6, 6.07) is 16.0. The molecule has 8 heteroatoms. The molecule has 0 spiro atoms. The number of fused-ring (bicyclic) bond motifs is 3. The molecule has 6 N–H and O–H groups in total. The molecule has 0 bridgehead atoms. The Morgan fingerprint density at radius 1 is 0.971 bits per heavy atom. The first-order valence-corrected chi connectivity index (χ1v) is 12.0. The van der Waals surface area contributed by atoms with Gasteiger partial charge in [-0.25, -0.2) is 4.79 Å². The Balaban J connectivity index is 1.64. The lowest BCUT2D eigenvalue weighted by Gasteiger charge is -2.38. The van der Waals surface area contributed by atoms with E-state index in [0.29, 0.717) is 19.3 Å². The number of hydrogen-bond acceptors (Lipinski definition) is 3. The van der Waals surface area contributed by atoms with E-state index < -0.39 is 29.4 Å². The minimum Gasteiger partial charge on any atom is -0.368 e. The quantitative estimate of drug-likeness (QED) is 0.360. The number of hydrogen-bond donors (Lipinski definition) is 5. The minimum atomic E-state index is -1.24. The molecule has 0 aliphatic heterocycles. The zero-order valence-electron chi connectivity index (χ0n) is 20.4. The number of nitrogens with one attached hydrogen (secondary N) is 4. The van der Waals surface area contributed by atoms with Crippen LogP contribution >= 0.6 is 0 Å². The number of amides is 4. The van der Waals surface area contributed by atoms with Crippen LogP contribution in [0.1, 0.15) is 50.1 Å². The lowest BCUT2D eigenvalue weighted by molar-refractivity contribution is -0.132. The third-order valence-electron chi connectivity index (χ3n) is 6.88. The van der Waals surface area contributed by atoms with Crippen molar-refractivity contribution in [2.24, 2.45) is 11.7 Å². The van der Waals surface area contributed by atoms with Crippen molar-refractivity contribution >= 4 is 28.7 Å². The normalized spacial score (nSPS) is 19.0. The van der Waals surface area contributed by atoms with Crippen molar-refractivity contribution in [2.45, 2.75) is 57.7 Å². The van der Waals surface area contributed by atoms with Gasteiger partial charge in [-0.2, -0.15) is 0 Å². The van der Waals surface area contributed by atoms with Crippen molar-refractivity contribution in [3.05, 3.63) is 71.4 Å². The molecule has 0 saturated carbocycles. The van der Waals surface area contributed by atoms with Gasteiger partial charge in [0, 0.05) is 23.0 Å². The van der Waals surface area contributed by atoms with E-state index in [1.807, 2.05) is 75.4 Å². The number of carbonyl (C=O) groups is 3. The van der Waals surface area contributed by atoms with E-state index in [1.54, 1.807) is 0 Å². The van der Waals surface area contributed by atoms with E-state index in [2.05, 4.69) is 20.9 Å². The Bertz CT molecular complexity index is 1240. The van der Waals surface area contributed by atoms with Crippen molar-refractivity contribution in [2.75, 3.05) is 0 Å². The van der Waals surface area contributed by atoms with Crippen LogP contribution in [0.5, 0.6) is 0 Å². The fourth-order valence-corrected chi connectivity index (χ4v) is 4.88. The Morgan fingerprint density at radius 3 is 2.34 bits per heavy atom. The molecule has 1 heterocycles. The van der Waals surface area contributed by atoms with Crippen LogP contribution in [0.2, 0.25) is 0 Å². The summed E-state index contributed by atoms with van der Waals surface area (Å²) in [4.78, 5) is 42.4. The number of aromatic nitrogens is 1. The van der Waals surface area contributed by atoms with Gasteiger partial charge in [0.05, 0.1) is 6.04 Å². The van der Waals surface area contributed by atoms with Gasteiger partial charge < -0.3 is 26.7 Å². The molecule has 4 rings (SSSR count). The molecule has 1 aliphatic carbocycles. The molecule has 2 aromatic carbocycles. The molecule has 0 saturated heterocycles. The second-order valence-corrected chi connectivity index (χ2v) is 9.71. The van der Waals surface area contributed by atoms with Gasteiger partial charge in [-0.15, -0.1) is 0 Å². The van der Waals surface area contributed by atoms with E-state index in [0.717, 1.165) is 27.7 Å². The molecule has 184 valence electrons. The first-order valence-electron chi connectivity index (χ1n) is 12.0. The largest absolute Gasteiger partial charge is 0.368 e. The number of para-hydroxylation sites is 1. The van der Waals surface area contributed by atoms with Gasteiger partial charge in [-0.1, -0.05) is 62.4 Å². The number of carbonyl (C=O) groups excluding carboxylic acids is 3. The zero-order chi connectivity index (χ0) is 25.2. The molecule has 35 heavy (non-hydrogen) atoms. The van der Waals surface area contributed by atoms with Gasteiger partial charge in [-0.3, -0.25) is 9.59 Å². The molecule has 3 atom stereocenters. The van der Waals surface area contributed by atoms with Crippen LogP contribution in [0.3, 0.4) is 0 Å². The predicted octanol–water partition coefficient (Wildman–Crippen LogP) is 3.08. The third-order valence-corrected chi connectivity index (χ3v) is 6.88. The third kappa shape index (κ3) is 5.01. The lowest BCUT2D eigenvalue weighted by atomic mass is 9.78. The standard InChI is InChI=1S/C27H33N5O3/c1-16(2)23(24(28)33)31-25(34)27(32-26(35)29-17(3)18-9-5-4-6-10-18)14-13-22-20(15-27)19-11-7-8-12-21(19)30-22/h4-12,16-17,23,30H,13-15H2,1-3H3,(H2,28,33)(H,31,34)(H2,29,32,35)/t17-,23-,27+/m0/s1. The van der Waals surface area contributed by atoms with Crippen LogP contribution in [-0.2, 0) is 22.4 Å². The number of primary amides is 1. The maximum Gasteiger partial charge on any atom is 0.316 e. The minimum absolute atomic E-state index is 0.187. The van der Waals surface area contributed by atoms with Crippen LogP contribution < -0.4 is 21.7 Å². The summed E-state index contributed by atoms with van der Waals surface area (Å²) in [6.45, 7) is 5.54. The predicted molar refractivity (Wildman–Crippen MR) is 136 cm³/mol. The molecular weight excluding hydrogens is 442 g/mol. The van der Waals surface area contributed by atoms with Gasteiger partial charge >= 0.3 is 6.03 Å². The second kappa shape index (κ2) is 9.82. The topological polar surface area (TPSA) is 129 Å². The lowest BCUT2D eigenvalue weighted by Crippen LogP contribution is -2.65. The molecule has 0 unspecified atom stereocenters. The maximum atomic E-state index is 13.7. The first kappa shape index (κ1) is 24.3. The molecule has 1 aromatic heterocycles. The Hall–Kier alpha value is -3.81. The van der Waals surface area contributed by atoms with E-state index in [-0.39, 0.29) is 12.0 Å². The van der Waals surface area contributed by atoms with E-state index >= 15 is 0 Å². The molecule has 4 amide bonds. The highest BCUT2D eigenvalue weighted by atomic mass is 16.2. The Morgan fingerprint density at radius 2 is 1.66 bits per heavy atom. The SMILES string of the molecule is CC(C)[C@H](NC(=O)[C@@]1(NC(=O)N[C@@H](C)c2ccccc2)CCc2[nH]c3ccccc3c2C1)C(N)=O. The van der Waals surface area contributed by atoms with Gasteiger partial charge in [0.15, 0.2) is 0 Å². The molecule has 3 aromatic rings. The van der Waals surface area contributed by atoms with Crippen LogP contribution in [0.25, 0.3) is 10.9 Å². The number of rotatable bonds is 7. The first-order chi connectivity index (χ1) is 16.7. The van der Waals surface area contributed by atoms with Crippen LogP contribution in [0.15, 0.2) is 54.6 Å². The van der Waals surface area contributed by atoms with E-state index in [1.165, 1.54) is 0 Å². The fraction of sp³-hybridized carbons (Fsp3) is 0.370. The monoisotopic (exact) mass is 475 g/mol. The molecule has 8 nitrogen and oxygen atoms in total. The molecule has 0 fully saturated rings. The van der Waals surface area contributed by atoms with Gasteiger partial charge in [0.2, 0.25) is 11.8 Å². The number of aryl methyl sites for hydroxylation is 1. The molecule has 0 radical (unpaired) electrons. The number of urea groups is 1. The van der Waals surface area contributed by atoms with Crippen LogP contribution in [0.4, 0.5) is 4.79 Å². The van der Waals surface area contributed by atoms with Crippen molar-refractivity contribution in [1.82, 2.24) is 20.9 Å². The fourth-order valence-electron chi connectivity index (χ4n) is 4.88. The van der Waals surface area contributed by atoms with Crippen molar-refractivity contribution < 1.29 is 14.4 Å². The van der Waals surface area contributed by atoms with E-state index in [9.17, 15) is 14.4 Å². The summed E-state index contributed by atoms with van der Waals surface area (Å²) in [5.74, 6) is -1.20. The Kier molecular flexibility index (Phi) is 6.82. The number of H-pyrrole nitrogens is 1. The average Bonchev–Trinajstić information content (AvgIpc) is 3.20. The highest BCUT2D eigenvalue weighted by Crippen LogP contribution is 2.34. The van der Waals surface area contributed by atoms with Gasteiger partial charge in [0.1, 0.15) is 11.6 Å².